The summed E-state index contributed by atoms with van der Waals surface area (Å²) < 4.78 is 0. The van der Waals surface area contributed by atoms with Gasteiger partial charge in [0.25, 0.3) is 0 Å². The molecule has 0 atom stereocenters. The normalized spacial score (nSPS) is 8.47. The fourth-order valence-electron chi connectivity index (χ4n) is 2.61. The van der Waals surface area contributed by atoms with Gasteiger partial charge in [-0.15, -0.1) is 0 Å². The monoisotopic (exact) mass is 546 g/mol. The van der Waals surface area contributed by atoms with Crippen molar-refractivity contribution in [2.75, 3.05) is 0 Å². The minimum Gasteiger partial charge on any atom is -0.0776 e. The molecule has 0 fully saturated rings. The Labute approximate surface area is 288 Å². The van der Waals surface area contributed by atoms with Crippen molar-refractivity contribution in [2.24, 2.45) is 5.41 Å². The molecule has 3 aromatic carbocycles. The number of rotatable bonds is 0. The van der Waals surface area contributed by atoms with Gasteiger partial charge in [0.2, 0.25) is 0 Å². The molecule has 0 nitrogen and oxygen atoms in total. The summed E-state index contributed by atoms with van der Waals surface area (Å²) in [5.41, 5.74) is 7.58. The van der Waals surface area contributed by atoms with Crippen LogP contribution in [0.25, 0.3) is 11.1 Å². The first-order chi connectivity index (χ1) is 15.8. The van der Waals surface area contributed by atoms with Crippen LogP contribution in [-0.4, -0.2) is 0 Å². The molecular formula is C34H58Ar2. The third kappa shape index (κ3) is 25.8. The van der Waals surface area contributed by atoms with Crippen LogP contribution >= 0.6 is 0 Å². The van der Waals surface area contributed by atoms with Crippen molar-refractivity contribution in [3.05, 3.63) is 95.6 Å². The second-order valence-electron chi connectivity index (χ2n) is 8.15. The van der Waals surface area contributed by atoms with E-state index in [-0.39, 0.29) is 82.9 Å². The molecule has 3 aromatic rings. The molecule has 0 radical (unpaired) electrons. The number of aryl methyl sites for hydroxylation is 1. The Kier molecular flexibility index (Phi) is 45.3. The predicted octanol–water partition coefficient (Wildman–Crippen LogP) is 12.0. The molecule has 0 bridgehead atoms. The van der Waals surface area contributed by atoms with Crippen LogP contribution < -0.4 is 0 Å². The molecule has 0 heterocycles. The van der Waals surface area contributed by atoms with Crippen molar-refractivity contribution in [3.8, 4) is 11.1 Å². The maximum Gasteiger partial charge on any atom is 0 e. The average molecular weight is 547 g/mol. The molecule has 1 aliphatic rings. The van der Waals surface area contributed by atoms with Crippen molar-refractivity contribution in [1.82, 2.24) is 0 Å². The van der Waals surface area contributed by atoms with E-state index in [0.717, 1.165) is 6.42 Å². The van der Waals surface area contributed by atoms with Gasteiger partial charge in [-0.25, -0.2) is 0 Å². The summed E-state index contributed by atoms with van der Waals surface area (Å²) in [6, 6.07) is 27.6. The molecular weight excluding hydrogens is 488 g/mol. The maximum atomic E-state index is 2.22. The van der Waals surface area contributed by atoms with Gasteiger partial charge in [-0.05, 0) is 41.0 Å². The zero-order valence-electron chi connectivity index (χ0n) is 24.9. The molecule has 2 heteroatoms. The van der Waals surface area contributed by atoms with E-state index in [1.54, 1.807) is 0 Å². The fourth-order valence-corrected chi connectivity index (χ4v) is 2.61. The second kappa shape index (κ2) is 33.2. The summed E-state index contributed by atoms with van der Waals surface area (Å²) in [6.07, 6.45) is 1.10. The Morgan fingerprint density at radius 2 is 0.722 bits per heavy atom. The van der Waals surface area contributed by atoms with Crippen LogP contribution in [0.15, 0.2) is 78.9 Å². The van der Waals surface area contributed by atoms with Gasteiger partial charge in [0.05, 0.1) is 0 Å². The first-order valence-electron chi connectivity index (χ1n) is 13.0. The smallest absolute Gasteiger partial charge is 0 e. The van der Waals surface area contributed by atoms with Crippen molar-refractivity contribution in [2.45, 2.75) is 104 Å². The molecule has 0 amide bonds. The van der Waals surface area contributed by atoms with Gasteiger partial charge in [0.15, 0.2) is 0 Å². The van der Waals surface area contributed by atoms with E-state index < -0.39 is 0 Å². The minimum atomic E-state index is 0. The van der Waals surface area contributed by atoms with Gasteiger partial charge in [-0.3, -0.25) is 0 Å². The van der Waals surface area contributed by atoms with Crippen LogP contribution in [0.4, 0.5) is 0 Å². The Bertz CT molecular complexity index is 738. The molecule has 0 aliphatic heterocycles. The van der Waals surface area contributed by atoms with E-state index in [1.807, 2.05) is 73.6 Å². The fraction of sp³-hybridized carbons (Fsp3) is 0.471. The molecule has 0 saturated carbocycles. The average Bonchev–Trinajstić information content (AvgIpc) is 3.23. The van der Waals surface area contributed by atoms with Crippen LogP contribution in [-0.2, 0) is 6.42 Å². The van der Waals surface area contributed by atoms with Crippen LogP contribution in [0.2, 0.25) is 0 Å². The standard InChI is InChI=1S/C13H10.C7H8.C5H12.4C2H6.CH4.2Ar/c1-3-7-12-10(5-1)9-11-6-2-4-8-13(11)12;1-7-5-3-2-4-6-7;1-5(2,3)4;4*1-2;;;/h1-8H,9H2;2-6H,1H3;1-4H3;4*1-2H3;1H4;;. The van der Waals surface area contributed by atoms with Gasteiger partial charge in [0.1, 0.15) is 0 Å². The first kappa shape index (κ1) is 49.2. The topological polar surface area (TPSA) is 0 Å². The molecule has 4 rings (SSSR count). The molecule has 0 unspecified atom stereocenters. The number of benzene rings is 3. The van der Waals surface area contributed by atoms with Crippen molar-refractivity contribution in [1.29, 1.82) is 0 Å². The van der Waals surface area contributed by atoms with Crippen LogP contribution in [0.5, 0.6) is 0 Å². The Morgan fingerprint density at radius 3 is 0.972 bits per heavy atom. The van der Waals surface area contributed by atoms with Crippen LogP contribution in [0.3, 0.4) is 0 Å². The molecule has 1 aliphatic carbocycles. The molecule has 0 spiro atoms. The Hall–Kier alpha value is 0.179. The number of fused-ring (bicyclic) bond motifs is 3. The maximum absolute atomic E-state index is 2.22. The summed E-state index contributed by atoms with van der Waals surface area (Å²) in [6.45, 7) is 26.8. The van der Waals surface area contributed by atoms with E-state index in [9.17, 15) is 0 Å². The summed E-state index contributed by atoms with van der Waals surface area (Å²) in [7, 11) is 0. The van der Waals surface area contributed by atoms with Crippen molar-refractivity contribution >= 4 is 0 Å². The largest absolute Gasteiger partial charge is 0.0776 e. The van der Waals surface area contributed by atoms with Gasteiger partial charge < -0.3 is 0 Å². The molecule has 210 valence electrons. The van der Waals surface area contributed by atoms with Crippen LogP contribution in [0, 0.1) is 87.8 Å². The number of hydrogen-bond donors (Lipinski definition) is 0. The van der Waals surface area contributed by atoms with E-state index in [2.05, 4.69) is 95.3 Å². The molecule has 36 heavy (non-hydrogen) atoms. The third-order valence-electron chi connectivity index (χ3n) is 3.65. The summed E-state index contributed by atoms with van der Waals surface area (Å²) in [4.78, 5) is 0. The van der Waals surface area contributed by atoms with Gasteiger partial charge in [-0.1, -0.05) is 175 Å². The zero-order valence-corrected chi connectivity index (χ0v) is 26.3. The van der Waals surface area contributed by atoms with E-state index in [1.165, 1.54) is 27.8 Å². The Morgan fingerprint density at radius 1 is 0.472 bits per heavy atom. The van der Waals surface area contributed by atoms with E-state index in [0.29, 0.717) is 5.41 Å². The minimum absolute atomic E-state index is 0. The van der Waals surface area contributed by atoms with Crippen LogP contribution in [0.1, 0.15) is 107 Å². The van der Waals surface area contributed by atoms with Gasteiger partial charge in [-0.2, -0.15) is 0 Å². The quantitative estimate of drug-likeness (QED) is 0.206. The SMILES string of the molecule is C.CC.CC.CC.CC.CC(C)(C)C.Cc1ccccc1.[Ar].[Ar].c1ccc2c(c1)Cc1ccccc1-2. The second-order valence-corrected chi connectivity index (χ2v) is 8.15. The summed E-state index contributed by atoms with van der Waals surface area (Å²) >= 11 is 0. The van der Waals surface area contributed by atoms with Crippen molar-refractivity contribution in [3.63, 3.8) is 0 Å². The molecule has 0 aromatic heterocycles. The predicted molar refractivity (Wildman–Crippen MR) is 163 cm³/mol. The molecule has 0 saturated heterocycles. The summed E-state index contributed by atoms with van der Waals surface area (Å²) in [5.74, 6) is 0. The molecule has 0 N–H and O–H groups in total. The summed E-state index contributed by atoms with van der Waals surface area (Å²) in [5, 5.41) is 0. The van der Waals surface area contributed by atoms with E-state index in [4.69, 9.17) is 0 Å². The first-order valence-corrected chi connectivity index (χ1v) is 13.0. The van der Waals surface area contributed by atoms with Crippen molar-refractivity contribution < 1.29 is 75.5 Å². The third-order valence-corrected chi connectivity index (χ3v) is 3.65. The Balaban J connectivity index is -0.0000000855. The zero-order chi connectivity index (χ0) is 26.3. The number of hydrogen-bond acceptors (Lipinski definition) is 0. The van der Waals surface area contributed by atoms with Gasteiger partial charge in [0, 0.05) is 75.5 Å². The van der Waals surface area contributed by atoms with E-state index >= 15 is 0 Å². The van der Waals surface area contributed by atoms with Gasteiger partial charge >= 0.3 is 0 Å².